The molecule has 20 heavy (non-hydrogen) atoms. The highest BCUT2D eigenvalue weighted by atomic mass is 35.5. The lowest BCUT2D eigenvalue weighted by Crippen LogP contribution is -2.41. The Labute approximate surface area is 126 Å². The van der Waals surface area contributed by atoms with Crippen molar-refractivity contribution in [3.63, 3.8) is 0 Å². The molecule has 0 heterocycles. The Morgan fingerprint density at radius 3 is 2.55 bits per heavy atom. The quantitative estimate of drug-likeness (QED) is 0.729. The molecule has 4 nitrogen and oxygen atoms in total. The van der Waals surface area contributed by atoms with Gasteiger partial charge in [0.15, 0.2) is 0 Å². The number of aliphatic hydroxyl groups excluding tert-OH is 1. The van der Waals surface area contributed by atoms with Crippen molar-refractivity contribution in [2.45, 2.75) is 25.7 Å². The summed E-state index contributed by atoms with van der Waals surface area (Å²) in [7, 11) is 4.06. The smallest absolute Gasteiger partial charge is 0.0897 e. The molecule has 114 valence electrons. The van der Waals surface area contributed by atoms with E-state index in [1.165, 1.54) is 0 Å². The van der Waals surface area contributed by atoms with Gasteiger partial charge in [0, 0.05) is 24.2 Å². The lowest BCUT2D eigenvalue weighted by molar-refractivity contribution is 0.0275. The third kappa shape index (κ3) is 7.82. The molecule has 0 spiro atoms. The maximum atomic E-state index is 9.83. The van der Waals surface area contributed by atoms with Crippen LogP contribution in [-0.2, 0) is 11.3 Å². The van der Waals surface area contributed by atoms with Gasteiger partial charge in [-0.05, 0) is 38.7 Å². The van der Waals surface area contributed by atoms with Crippen LogP contribution in [0.4, 0.5) is 0 Å². The van der Waals surface area contributed by atoms with Crippen LogP contribution < -0.4 is 5.32 Å². The number of hydrogen-bond acceptors (Lipinski definition) is 4. The molecule has 0 aromatic heterocycles. The molecule has 2 atom stereocenters. The molecule has 5 heteroatoms. The van der Waals surface area contributed by atoms with Crippen LogP contribution in [-0.4, -0.2) is 55.9 Å². The molecule has 0 fully saturated rings. The summed E-state index contributed by atoms with van der Waals surface area (Å²) in [5, 5.41) is 13.8. The SMILES string of the molecule is CC(CN(C)C)NCC(O)COCc1ccc(Cl)cc1. The third-order valence-corrected chi connectivity index (χ3v) is 3.09. The second-order valence-electron chi connectivity index (χ2n) is 5.37. The van der Waals surface area contributed by atoms with Crippen LogP contribution in [0.3, 0.4) is 0 Å². The van der Waals surface area contributed by atoms with Crippen molar-refractivity contribution in [3.05, 3.63) is 34.9 Å². The molecule has 0 amide bonds. The van der Waals surface area contributed by atoms with E-state index in [1.807, 2.05) is 38.4 Å². The average Bonchev–Trinajstić information content (AvgIpc) is 2.38. The minimum Gasteiger partial charge on any atom is -0.389 e. The maximum Gasteiger partial charge on any atom is 0.0897 e. The van der Waals surface area contributed by atoms with E-state index in [2.05, 4.69) is 17.1 Å². The molecule has 0 radical (unpaired) electrons. The van der Waals surface area contributed by atoms with E-state index in [4.69, 9.17) is 16.3 Å². The van der Waals surface area contributed by atoms with Gasteiger partial charge in [-0.2, -0.15) is 0 Å². The molecule has 0 bridgehead atoms. The summed E-state index contributed by atoms with van der Waals surface area (Å²) in [6, 6.07) is 7.86. The van der Waals surface area contributed by atoms with E-state index in [-0.39, 0.29) is 0 Å². The van der Waals surface area contributed by atoms with Gasteiger partial charge in [-0.25, -0.2) is 0 Å². The highest BCUT2D eigenvalue weighted by Crippen LogP contribution is 2.10. The second-order valence-corrected chi connectivity index (χ2v) is 5.80. The van der Waals surface area contributed by atoms with Gasteiger partial charge in [-0.15, -0.1) is 0 Å². The number of benzene rings is 1. The number of likely N-dealkylation sites (N-methyl/N-ethyl adjacent to an activating group) is 1. The van der Waals surface area contributed by atoms with Crippen molar-refractivity contribution in [1.29, 1.82) is 0 Å². The number of nitrogens with zero attached hydrogens (tertiary/aromatic N) is 1. The lowest BCUT2D eigenvalue weighted by Gasteiger charge is -2.20. The van der Waals surface area contributed by atoms with E-state index in [0.29, 0.717) is 30.8 Å². The van der Waals surface area contributed by atoms with Gasteiger partial charge in [0.05, 0.1) is 19.3 Å². The minimum atomic E-state index is -0.494. The molecular weight excluding hydrogens is 276 g/mol. The normalized spacial score (nSPS) is 14.5. The summed E-state index contributed by atoms with van der Waals surface area (Å²) in [4.78, 5) is 2.11. The summed E-state index contributed by atoms with van der Waals surface area (Å²) < 4.78 is 5.49. The predicted molar refractivity (Wildman–Crippen MR) is 83.1 cm³/mol. The molecule has 0 aliphatic carbocycles. The van der Waals surface area contributed by atoms with E-state index >= 15 is 0 Å². The Morgan fingerprint density at radius 2 is 1.95 bits per heavy atom. The zero-order chi connectivity index (χ0) is 15.0. The summed E-state index contributed by atoms with van der Waals surface area (Å²) >= 11 is 5.81. The second kappa shape index (κ2) is 9.32. The molecule has 1 rings (SSSR count). The molecular formula is C15H25ClN2O2. The van der Waals surface area contributed by atoms with Crippen molar-refractivity contribution < 1.29 is 9.84 Å². The van der Waals surface area contributed by atoms with Crippen LogP contribution >= 0.6 is 11.6 Å². The van der Waals surface area contributed by atoms with Crippen molar-refractivity contribution in [1.82, 2.24) is 10.2 Å². The van der Waals surface area contributed by atoms with Crippen LogP contribution in [0.15, 0.2) is 24.3 Å². The van der Waals surface area contributed by atoms with E-state index in [9.17, 15) is 5.11 Å². The van der Waals surface area contributed by atoms with Crippen molar-refractivity contribution in [2.24, 2.45) is 0 Å². The fraction of sp³-hybridized carbons (Fsp3) is 0.600. The number of ether oxygens (including phenoxy) is 1. The Bertz CT molecular complexity index is 371. The van der Waals surface area contributed by atoms with Gasteiger partial charge in [-0.3, -0.25) is 0 Å². The zero-order valence-electron chi connectivity index (χ0n) is 12.5. The van der Waals surface area contributed by atoms with Gasteiger partial charge in [-0.1, -0.05) is 23.7 Å². The van der Waals surface area contributed by atoms with E-state index in [0.717, 1.165) is 12.1 Å². The fourth-order valence-electron chi connectivity index (χ4n) is 1.90. The standard InChI is InChI=1S/C15H25ClN2O2/c1-12(9-18(2)3)17-8-15(19)11-20-10-13-4-6-14(16)7-5-13/h4-7,12,15,17,19H,8-11H2,1-3H3. The summed E-state index contributed by atoms with van der Waals surface area (Å²) in [5.41, 5.74) is 1.05. The van der Waals surface area contributed by atoms with Gasteiger partial charge in [0.25, 0.3) is 0 Å². The molecule has 2 N–H and O–H groups in total. The Hall–Kier alpha value is -0.650. The number of halogens is 1. The Balaban J connectivity index is 2.13. The van der Waals surface area contributed by atoms with Crippen LogP contribution in [0.25, 0.3) is 0 Å². The molecule has 0 saturated heterocycles. The maximum absolute atomic E-state index is 9.83. The highest BCUT2D eigenvalue weighted by molar-refractivity contribution is 6.30. The fourth-order valence-corrected chi connectivity index (χ4v) is 2.03. The monoisotopic (exact) mass is 300 g/mol. The number of hydrogen-bond donors (Lipinski definition) is 2. The Morgan fingerprint density at radius 1 is 1.30 bits per heavy atom. The van der Waals surface area contributed by atoms with Gasteiger partial charge < -0.3 is 20.1 Å². The topological polar surface area (TPSA) is 44.7 Å². The number of aliphatic hydroxyl groups is 1. The minimum absolute atomic E-state index is 0.324. The molecule has 1 aromatic carbocycles. The molecule has 0 saturated carbocycles. The summed E-state index contributed by atoms with van der Waals surface area (Å²) in [6.45, 7) is 4.39. The van der Waals surface area contributed by atoms with Crippen molar-refractivity contribution >= 4 is 11.6 Å². The first kappa shape index (κ1) is 17.4. The summed E-state index contributed by atoms with van der Waals surface area (Å²) in [6.07, 6.45) is -0.494. The molecule has 0 aliphatic heterocycles. The van der Waals surface area contributed by atoms with Crippen molar-refractivity contribution in [2.75, 3.05) is 33.8 Å². The van der Waals surface area contributed by atoms with Gasteiger partial charge >= 0.3 is 0 Å². The van der Waals surface area contributed by atoms with Crippen molar-refractivity contribution in [3.8, 4) is 0 Å². The van der Waals surface area contributed by atoms with E-state index in [1.54, 1.807) is 0 Å². The average molecular weight is 301 g/mol. The third-order valence-electron chi connectivity index (χ3n) is 2.83. The zero-order valence-corrected chi connectivity index (χ0v) is 13.2. The predicted octanol–water partition coefficient (Wildman–Crippen LogP) is 1.76. The highest BCUT2D eigenvalue weighted by Gasteiger charge is 2.08. The van der Waals surface area contributed by atoms with Crippen LogP contribution in [0, 0.1) is 0 Å². The van der Waals surface area contributed by atoms with Crippen LogP contribution in [0.2, 0.25) is 5.02 Å². The first-order chi connectivity index (χ1) is 9.47. The van der Waals surface area contributed by atoms with Gasteiger partial charge in [0.2, 0.25) is 0 Å². The lowest BCUT2D eigenvalue weighted by atomic mass is 10.2. The van der Waals surface area contributed by atoms with Crippen LogP contribution in [0.1, 0.15) is 12.5 Å². The number of nitrogens with one attached hydrogen (secondary N) is 1. The first-order valence-corrected chi connectivity index (χ1v) is 7.23. The Kier molecular flexibility index (Phi) is 8.11. The molecule has 2 unspecified atom stereocenters. The summed E-state index contributed by atoms with van der Waals surface area (Å²) in [5.74, 6) is 0. The number of rotatable bonds is 9. The van der Waals surface area contributed by atoms with Gasteiger partial charge in [0.1, 0.15) is 0 Å². The molecule has 1 aromatic rings. The largest absolute Gasteiger partial charge is 0.389 e. The molecule has 0 aliphatic rings. The van der Waals surface area contributed by atoms with E-state index < -0.39 is 6.10 Å². The van der Waals surface area contributed by atoms with Crippen LogP contribution in [0.5, 0.6) is 0 Å². The first-order valence-electron chi connectivity index (χ1n) is 6.85.